The van der Waals surface area contributed by atoms with E-state index in [-0.39, 0.29) is 24.8 Å². The van der Waals surface area contributed by atoms with Crippen LogP contribution < -0.4 is 10.1 Å². The van der Waals surface area contributed by atoms with E-state index in [1.165, 1.54) is 12.1 Å². The number of hydrogen-bond donors (Lipinski definition) is 2. The molecule has 8 heteroatoms. The van der Waals surface area contributed by atoms with Crippen molar-refractivity contribution in [1.29, 1.82) is 0 Å². The minimum Gasteiger partial charge on any atom is -0.492 e. The number of hydrogen-bond acceptors (Lipinski definition) is 3. The van der Waals surface area contributed by atoms with Crippen molar-refractivity contribution in [3.8, 4) is 5.75 Å². The van der Waals surface area contributed by atoms with E-state index in [2.05, 4.69) is 5.32 Å². The molecule has 1 fully saturated rings. The molecule has 2 unspecified atom stereocenters. The fourth-order valence-corrected chi connectivity index (χ4v) is 1.97. The number of alkyl halides is 3. The van der Waals surface area contributed by atoms with Gasteiger partial charge >= 0.3 is 12.1 Å². The van der Waals surface area contributed by atoms with E-state index in [4.69, 9.17) is 9.84 Å². The molecule has 2 N–H and O–H groups in total. The van der Waals surface area contributed by atoms with Crippen LogP contribution in [0.25, 0.3) is 0 Å². The fraction of sp³-hybridized carbons (Fsp3) is 0.429. The van der Waals surface area contributed by atoms with Crippen molar-refractivity contribution in [3.05, 3.63) is 29.8 Å². The quantitative estimate of drug-likeness (QED) is 0.786. The van der Waals surface area contributed by atoms with Crippen LogP contribution in [0.1, 0.15) is 12.0 Å². The molecule has 1 aliphatic rings. The number of ether oxygens (including phenoxy) is 1. The van der Waals surface area contributed by atoms with Gasteiger partial charge in [-0.2, -0.15) is 13.2 Å². The zero-order valence-corrected chi connectivity index (χ0v) is 11.4. The number of aliphatic carboxylic acids is 1. The van der Waals surface area contributed by atoms with Crippen LogP contribution in [0.5, 0.6) is 5.75 Å². The predicted octanol–water partition coefficient (Wildman–Crippen LogP) is 1.92. The van der Waals surface area contributed by atoms with E-state index in [0.717, 1.165) is 12.1 Å². The lowest BCUT2D eigenvalue weighted by Gasteiger charge is -2.09. The molecule has 2 rings (SSSR count). The van der Waals surface area contributed by atoms with Gasteiger partial charge in [0.05, 0.1) is 23.9 Å². The summed E-state index contributed by atoms with van der Waals surface area (Å²) in [5.74, 6) is -2.18. The largest absolute Gasteiger partial charge is 0.492 e. The summed E-state index contributed by atoms with van der Waals surface area (Å²) >= 11 is 0. The van der Waals surface area contributed by atoms with Crippen LogP contribution in [0.15, 0.2) is 24.3 Å². The normalized spacial score (nSPS) is 20.3. The third-order valence-corrected chi connectivity index (χ3v) is 3.30. The first kappa shape index (κ1) is 16.1. The average molecular weight is 317 g/mol. The number of nitrogens with one attached hydrogen (secondary N) is 1. The van der Waals surface area contributed by atoms with Gasteiger partial charge in [0, 0.05) is 0 Å². The first-order chi connectivity index (χ1) is 10.3. The fourth-order valence-electron chi connectivity index (χ4n) is 1.97. The summed E-state index contributed by atoms with van der Waals surface area (Å²) < 4.78 is 42.3. The number of halogens is 3. The summed E-state index contributed by atoms with van der Waals surface area (Å²) in [6.07, 6.45) is -4.06. The maximum Gasteiger partial charge on any atom is 0.416 e. The smallest absolute Gasteiger partial charge is 0.416 e. The molecule has 5 nitrogen and oxygen atoms in total. The van der Waals surface area contributed by atoms with E-state index < -0.39 is 29.5 Å². The number of carboxylic acids is 1. The van der Waals surface area contributed by atoms with E-state index in [9.17, 15) is 22.8 Å². The molecule has 0 saturated heterocycles. The summed E-state index contributed by atoms with van der Waals surface area (Å²) in [6, 6.07) is 4.23. The van der Waals surface area contributed by atoms with Crippen molar-refractivity contribution in [3.63, 3.8) is 0 Å². The molecule has 0 spiro atoms. The number of rotatable bonds is 6. The molecule has 120 valence electrons. The summed E-state index contributed by atoms with van der Waals surface area (Å²) in [6.45, 7) is 0.240. The van der Waals surface area contributed by atoms with Crippen molar-refractivity contribution >= 4 is 11.9 Å². The number of carbonyl (C=O) groups excluding carboxylic acids is 1. The topological polar surface area (TPSA) is 75.6 Å². The van der Waals surface area contributed by atoms with Crippen molar-refractivity contribution in [2.45, 2.75) is 12.6 Å². The molecular weight excluding hydrogens is 303 g/mol. The minimum absolute atomic E-state index is 0.0849. The standard InChI is InChI=1S/C14H14F3NO4/c15-14(16,17)8-1-3-9(4-2-8)22-6-5-18-12(19)10-7-11(10)13(20)21/h1-4,10-11H,5-7H2,(H,18,19)(H,20,21). The molecule has 0 aromatic heterocycles. The Kier molecular flexibility index (Phi) is 4.58. The first-order valence-corrected chi connectivity index (χ1v) is 6.59. The highest BCUT2D eigenvalue weighted by molar-refractivity contribution is 5.89. The molecular formula is C14H14F3NO4. The Balaban J connectivity index is 1.69. The minimum atomic E-state index is -4.39. The lowest BCUT2D eigenvalue weighted by molar-refractivity contribution is -0.140. The first-order valence-electron chi connectivity index (χ1n) is 6.59. The monoisotopic (exact) mass is 317 g/mol. The number of carboxylic acid groups (broad SMARTS) is 1. The Hall–Kier alpha value is -2.25. The molecule has 0 radical (unpaired) electrons. The second-order valence-electron chi connectivity index (χ2n) is 4.95. The zero-order chi connectivity index (χ0) is 16.3. The Labute approximate surface area is 124 Å². The lowest BCUT2D eigenvalue weighted by atomic mass is 10.2. The Morgan fingerprint density at radius 1 is 1.23 bits per heavy atom. The third kappa shape index (κ3) is 4.12. The van der Waals surface area contributed by atoms with Crippen molar-refractivity contribution < 1.29 is 32.6 Å². The van der Waals surface area contributed by atoms with Crippen LogP contribution in [0, 0.1) is 11.8 Å². The number of amides is 1. The van der Waals surface area contributed by atoms with Crippen LogP contribution in [-0.2, 0) is 15.8 Å². The Morgan fingerprint density at radius 2 is 1.86 bits per heavy atom. The second kappa shape index (κ2) is 6.25. The van der Waals surface area contributed by atoms with Crippen molar-refractivity contribution in [2.24, 2.45) is 11.8 Å². The zero-order valence-electron chi connectivity index (χ0n) is 11.4. The van der Waals surface area contributed by atoms with Gasteiger partial charge in [-0.05, 0) is 30.7 Å². The van der Waals surface area contributed by atoms with Gasteiger partial charge in [-0.15, -0.1) is 0 Å². The van der Waals surface area contributed by atoms with Gasteiger partial charge < -0.3 is 15.2 Å². The van der Waals surface area contributed by atoms with Gasteiger partial charge in [-0.1, -0.05) is 0 Å². The molecule has 22 heavy (non-hydrogen) atoms. The highest BCUT2D eigenvalue weighted by Crippen LogP contribution is 2.38. The summed E-state index contributed by atoms with van der Waals surface area (Å²) in [7, 11) is 0. The molecule has 1 saturated carbocycles. The Bertz CT molecular complexity index is 556. The average Bonchev–Trinajstić information content (AvgIpc) is 3.23. The van der Waals surface area contributed by atoms with E-state index >= 15 is 0 Å². The van der Waals surface area contributed by atoms with Gasteiger partial charge in [0.15, 0.2) is 0 Å². The molecule has 1 amide bonds. The number of carbonyl (C=O) groups is 2. The van der Waals surface area contributed by atoms with Crippen molar-refractivity contribution in [2.75, 3.05) is 13.2 Å². The predicted molar refractivity (Wildman–Crippen MR) is 69.2 cm³/mol. The second-order valence-corrected chi connectivity index (χ2v) is 4.95. The van der Waals surface area contributed by atoms with E-state index in [0.29, 0.717) is 6.42 Å². The SMILES string of the molecule is O=C(O)C1CC1C(=O)NCCOc1ccc(C(F)(F)F)cc1. The van der Waals surface area contributed by atoms with Crippen molar-refractivity contribution in [1.82, 2.24) is 5.32 Å². The lowest BCUT2D eigenvalue weighted by Crippen LogP contribution is -2.30. The summed E-state index contributed by atoms with van der Waals surface area (Å²) in [5.41, 5.74) is -0.762. The summed E-state index contributed by atoms with van der Waals surface area (Å²) in [5, 5.41) is 11.2. The van der Waals surface area contributed by atoms with Crippen LogP contribution in [0.3, 0.4) is 0 Å². The van der Waals surface area contributed by atoms with Gasteiger partial charge in [0.25, 0.3) is 0 Å². The van der Waals surface area contributed by atoms with Crippen LogP contribution in [-0.4, -0.2) is 30.1 Å². The van der Waals surface area contributed by atoms with Gasteiger partial charge in [0.1, 0.15) is 12.4 Å². The van der Waals surface area contributed by atoms with Gasteiger partial charge in [0.2, 0.25) is 5.91 Å². The van der Waals surface area contributed by atoms with Gasteiger partial charge in [-0.25, -0.2) is 0 Å². The molecule has 0 heterocycles. The van der Waals surface area contributed by atoms with Gasteiger partial charge in [-0.3, -0.25) is 9.59 Å². The molecule has 2 atom stereocenters. The molecule has 1 aromatic carbocycles. The molecule has 1 aromatic rings. The van der Waals surface area contributed by atoms with Crippen LogP contribution in [0.4, 0.5) is 13.2 Å². The Morgan fingerprint density at radius 3 is 2.36 bits per heavy atom. The highest BCUT2D eigenvalue weighted by Gasteiger charge is 2.48. The maximum absolute atomic E-state index is 12.4. The molecule has 1 aliphatic carbocycles. The molecule has 0 aliphatic heterocycles. The maximum atomic E-state index is 12.4. The number of benzene rings is 1. The van der Waals surface area contributed by atoms with Crippen LogP contribution >= 0.6 is 0 Å². The third-order valence-electron chi connectivity index (χ3n) is 3.30. The van der Waals surface area contributed by atoms with Crippen LogP contribution in [0.2, 0.25) is 0 Å². The van der Waals surface area contributed by atoms with E-state index in [1.807, 2.05) is 0 Å². The summed E-state index contributed by atoms with van der Waals surface area (Å²) in [4.78, 5) is 22.1. The molecule has 0 bridgehead atoms. The highest BCUT2D eigenvalue weighted by atomic mass is 19.4. The van der Waals surface area contributed by atoms with E-state index in [1.54, 1.807) is 0 Å².